The summed E-state index contributed by atoms with van der Waals surface area (Å²) >= 11 is 0. The minimum atomic E-state index is -1.01. The van der Waals surface area contributed by atoms with Gasteiger partial charge < -0.3 is 20.5 Å². The third-order valence-corrected chi connectivity index (χ3v) is 4.18. The molecule has 21 heavy (non-hydrogen) atoms. The van der Waals surface area contributed by atoms with Gasteiger partial charge in [-0.15, -0.1) is 0 Å². The highest BCUT2D eigenvalue weighted by atomic mass is 32.2. The number of methoxy groups -OCH3 is 2. The summed E-state index contributed by atoms with van der Waals surface area (Å²) in [6.07, 6.45) is 0.922. The molecule has 0 heterocycles. The molecule has 1 aromatic rings. The van der Waals surface area contributed by atoms with E-state index in [-0.39, 0.29) is 12.3 Å². The van der Waals surface area contributed by atoms with E-state index in [1.54, 1.807) is 25.3 Å². The summed E-state index contributed by atoms with van der Waals surface area (Å²) in [6, 6.07) is 5.01. The summed E-state index contributed by atoms with van der Waals surface area (Å²) < 4.78 is 21.7. The number of carbonyl (C=O) groups excluding carboxylic acids is 1. The second-order valence-corrected chi connectivity index (χ2v) is 6.15. The molecule has 0 aliphatic heterocycles. The SMILES string of the molecule is COCCCS(=O)CCC(=O)Nc1cc(N)ccc1OC. The third kappa shape index (κ3) is 6.59. The molecule has 1 amide bonds. The number of nitrogen functional groups attached to an aromatic ring is 1. The molecular weight excluding hydrogens is 292 g/mol. The van der Waals surface area contributed by atoms with Crippen LogP contribution in [-0.4, -0.2) is 42.4 Å². The van der Waals surface area contributed by atoms with Crippen molar-refractivity contribution in [3.63, 3.8) is 0 Å². The van der Waals surface area contributed by atoms with Crippen molar-refractivity contribution in [1.29, 1.82) is 0 Å². The number of nitrogens with one attached hydrogen (secondary N) is 1. The van der Waals surface area contributed by atoms with Gasteiger partial charge in [0.05, 0.1) is 12.8 Å². The molecule has 3 N–H and O–H groups in total. The van der Waals surface area contributed by atoms with E-state index in [9.17, 15) is 9.00 Å². The molecule has 0 aromatic heterocycles. The van der Waals surface area contributed by atoms with Crippen LogP contribution >= 0.6 is 0 Å². The lowest BCUT2D eigenvalue weighted by molar-refractivity contribution is -0.115. The quantitative estimate of drug-likeness (QED) is 0.531. The topological polar surface area (TPSA) is 90.7 Å². The summed E-state index contributed by atoms with van der Waals surface area (Å²) in [6.45, 7) is 0.582. The molecule has 0 saturated carbocycles. The predicted octanol–water partition coefficient (Wildman–Crippen LogP) is 1.39. The molecule has 1 aromatic carbocycles. The number of carbonyl (C=O) groups is 1. The molecule has 1 unspecified atom stereocenters. The number of amides is 1. The first-order chi connectivity index (χ1) is 10.1. The van der Waals surface area contributed by atoms with Crippen LogP contribution in [0.25, 0.3) is 0 Å². The Balaban J connectivity index is 2.43. The standard InChI is InChI=1S/C14H22N2O4S/c1-19-7-3-8-21(18)9-6-14(17)16-12-10-11(15)4-5-13(12)20-2/h4-5,10H,3,6-9,15H2,1-2H3,(H,16,17). The highest BCUT2D eigenvalue weighted by Crippen LogP contribution is 2.26. The zero-order valence-electron chi connectivity index (χ0n) is 12.4. The molecule has 0 aliphatic rings. The van der Waals surface area contributed by atoms with Crippen molar-refractivity contribution >= 4 is 28.1 Å². The normalized spacial score (nSPS) is 11.9. The number of hydrogen-bond acceptors (Lipinski definition) is 5. The molecule has 0 fully saturated rings. The average Bonchev–Trinajstić information content (AvgIpc) is 2.46. The van der Waals surface area contributed by atoms with Gasteiger partial charge in [-0.2, -0.15) is 0 Å². The fraction of sp³-hybridized carbons (Fsp3) is 0.500. The molecule has 1 atom stereocenters. The van der Waals surface area contributed by atoms with E-state index in [0.29, 0.717) is 35.2 Å². The zero-order valence-corrected chi connectivity index (χ0v) is 13.2. The fourth-order valence-corrected chi connectivity index (χ4v) is 2.77. The number of nitrogens with two attached hydrogens (primary N) is 1. The Morgan fingerprint density at radius 2 is 2.10 bits per heavy atom. The minimum Gasteiger partial charge on any atom is -0.495 e. The lowest BCUT2D eigenvalue weighted by atomic mass is 10.2. The Bertz CT molecular complexity index is 494. The molecular formula is C14H22N2O4S. The Labute approximate surface area is 127 Å². The largest absolute Gasteiger partial charge is 0.495 e. The molecule has 0 saturated heterocycles. The number of rotatable bonds is 9. The van der Waals surface area contributed by atoms with E-state index < -0.39 is 10.8 Å². The van der Waals surface area contributed by atoms with E-state index >= 15 is 0 Å². The summed E-state index contributed by atoms with van der Waals surface area (Å²) in [5.41, 5.74) is 6.74. The van der Waals surface area contributed by atoms with Gasteiger partial charge in [-0.3, -0.25) is 9.00 Å². The van der Waals surface area contributed by atoms with Crippen LogP contribution < -0.4 is 15.8 Å². The lowest BCUT2D eigenvalue weighted by Crippen LogP contribution is -2.16. The van der Waals surface area contributed by atoms with Crippen molar-refractivity contribution in [2.75, 3.05) is 43.4 Å². The van der Waals surface area contributed by atoms with Gasteiger partial charge in [0.2, 0.25) is 5.91 Å². The molecule has 118 valence electrons. The molecule has 7 heteroatoms. The molecule has 1 rings (SSSR count). The Morgan fingerprint density at radius 3 is 2.76 bits per heavy atom. The van der Waals surface area contributed by atoms with E-state index in [1.165, 1.54) is 7.11 Å². The van der Waals surface area contributed by atoms with Gasteiger partial charge in [-0.25, -0.2) is 0 Å². The smallest absolute Gasteiger partial charge is 0.225 e. The van der Waals surface area contributed by atoms with Crippen LogP contribution in [0.1, 0.15) is 12.8 Å². The van der Waals surface area contributed by atoms with Crippen LogP contribution in [0.3, 0.4) is 0 Å². The van der Waals surface area contributed by atoms with E-state index in [4.69, 9.17) is 15.2 Å². The molecule has 0 bridgehead atoms. The number of ether oxygens (including phenoxy) is 2. The minimum absolute atomic E-state index is 0.192. The van der Waals surface area contributed by atoms with Gasteiger partial charge in [0.15, 0.2) is 0 Å². The molecule has 0 aliphatic carbocycles. The highest BCUT2D eigenvalue weighted by molar-refractivity contribution is 7.84. The fourth-order valence-electron chi connectivity index (χ4n) is 1.71. The Morgan fingerprint density at radius 1 is 1.33 bits per heavy atom. The van der Waals surface area contributed by atoms with Crippen molar-refractivity contribution in [3.05, 3.63) is 18.2 Å². The van der Waals surface area contributed by atoms with Crippen molar-refractivity contribution in [1.82, 2.24) is 0 Å². The maximum absolute atomic E-state index is 11.9. The van der Waals surface area contributed by atoms with Crippen LogP contribution in [0.2, 0.25) is 0 Å². The van der Waals surface area contributed by atoms with Gasteiger partial charge in [-0.05, 0) is 24.6 Å². The van der Waals surface area contributed by atoms with Crippen LogP contribution in [0.5, 0.6) is 5.75 Å². The maximum atomic E-state index is 11.9. The van der Waals surface area contributed by atoms with Gasteiger partial charge in [0, 0.05) is 48.1 Å². The first-order valence-electron chi connectivity index (χ1n) is 6.64. The highest BCUT2D eigenvalue weighted by Gasteiger charge is 2.09. The average molecular weight is 314 g/mol. The summed E-state index contributed by atoms with van der Waals surface area (Å²) in [5, 5.41) is 2.72. The molecule has 6 nitrogen and oxygen atoms in total. The second-order valence-electron chi connectivity index (χ2n) is 4.45. The van der Waals surface area contributed by atoms with Crippen LogP contribution in [-0.2, 0) is 20.3 Å². The monoisotopic (exact) mass is 314 g/mol. The van der Waals surface area contributed by atoms with E-state index in [2.05, 4.69) is 5.32 Å². The van der Waals surface area contributed by atoms with Gasteiger partial charge in [0.1, 0.15) is 5.75 Å². The molecule has 0 spiro atoms. The Kier molecular flexibility index (Phi) is 7.78. The predicted molar refractivity (Wildman–Crippen MR) is 85.0 cm³/mol. The van der Waals surface area contributed by atoms with Crippen molar-refractivity contribution in [2.24, 2.45) is 0 Å². The third-order valence-electron chi connectivity index (χ3n) is 2.77. The van der Waals surface area contributed by atoms with Crippen LogP contribution in [0.4, 0.5) is 11.4 Å². The number of benzene rings is 1. The summed E-state index contributed by atoms with van der Waals surface area (Å²) in [4.78, 5) is 11.9. The Hall–Kier alpha value is -1.60. The van der Waals surface area contributed by atoms with E-state index in [1.807, 2.05) is 0 Å². The van der Waals surface area contributed by atoms with Crippen molar-refractivity contribution in [2.45, 2.75) is 12.8 Å². The number of anilines is 2. The van der Waals surface area contributed by atoms with Crippen LogP contribution in [0, 0.1) is 0 Å². The van der Waals surface area contributed by atoms with Gasteiger partial charge in [0.25, 0.3) is 0 Å². The van der Waals surface area contributed by atoms with E-state index in [0.717, 1.165) is 6.42 Å². The second kappa shape index (κ2) is 9.36. The first-order valence-corrected chi connectivity index (χ1v) is 8.13. The lowest BCUT2D eigenvalue weighted by Gasteiger charge is -2.10. The van der Waals surface area contributed by atoms with Crippen molar-refractivity contribution in [3.8, 4) is 5.75 Å². The first kappa shape index (κ1) is 17.5. The van der Waals surface area contributed by atoms with Crippen LogP contribution in [0.15, 0.2) is 18.2 Å². The van der Waals surface area contributed by atoms with Crippen molar-refractivity contribution < 1.29 is 18.5 Å². The zero-order chi connectivity index (χ0) is 15.7. The maximum Gasteiger partial charge on any atom is 0.225 e. The molecule has 0 radical (unpaired) electrons. The number of hydrogen-bond donors (Lipinski definition) is 2. The van der Waals surface area contributed by atoms with Gasteiger partial charge in [-0.1, -0.05) is 0 Å². The summed E-state index contributed by atoms with van der Waals surface area (Å²) in [5.74, 6) is 1.21. The van der Waals surface area contributed by atoms with Gasteiger partial charge >= 0.3 is 0 Å². The summed E-state index contributed by atoms with van der Waals surface area (Å²) in [7, 11) is 2.12.